The number of anilines is 2. The van der Waals surface area contributed by atoms with Crippen molar-refractivity contribution in [2.24, 2.45) is 5.92 Å². The van der Waals surface area contributed by atoms with Gasteiger partial charge in [0.1, 0.15) is 5.82 Å². The molecule has 3 aromatic rings. The summed E-state index contributed by atoms with van der Waals surface area (Å²) in [7, 11) is 1.83. The first-order valence-electron chi connectivity index (χ1n) is 10.8. The molecule has 2 aliphatic rings. The number of aromatic nitrogens is 4. The van der Waals surface area contributed by atoms with Crippen LogP contribution in [-0.4, -0.2) is 50.1 Å². The third kappa shape index (κ3) is 3.68. The zero-order valence-corrected chi connectivity index (χ0v) is 19.1. The zero-order chi connectivity index (χ0) is 22.5. The average Bonchev–Trinajstić information content (AvgIpc) is 3.24. The third-order valence-electron chi connectivity index (χ3n) is 6.26. The molecule has 1 saturated carbocycles. The molecule has 1 saturated heterocycles. The van der Waals surface area contributed by atoms with Crippen molar-refractivity contribution in [1.29, 1.82) is 0 Å². The maximum Gasteiger partial charge on any atom is 0.325 e. The lowest BCUT2D eigenvalue weighted by atomic mass is 10.0. The molecule has 0 radical (unpaired) electrons. The largest absolute Gasteiger partial charge is 0.343 e. The van der Waals surface area contributed by atoms with Crippen LogP contribution in [0.15, 0.2) is 49.1 Å². The first kappa shape index (κ1) is 20.8. The molecule has 2 aromatic heterocycles. The number of halogens is 1. The molecule has 1 N–H and O–H groups in total. The van der Waals surface area contributed by atoms with Gasteiger partial charge in [-0.3, -0.25) is 4.90 Å². The lowest BCUT2D eigenvalue weighted by Gasteiger charge is -2.25. The molecule has 0 unspecified atom stereocenters. The number of imidazole rings is 1. The molecule has 5 rings (SSSR count). The summed E-state index contributed by atoms with van der Waals surface area (Å²) in [6.07, 6.45) is 7.39. The van der Waals surface area contributed by atoms with Crippen LogP contribution in [0.25, 0.3) is 5.69 Å². The van der Waals surface area contributed by atoms with E-state index in [0.29, 0.717) is 29.3 Å². The molecule has 1 aliphatic heterocycles. The molecule has 8 nitrogen and oxygen atoms in total. The molecular weight excluding hydrogens is 426 g/mol. The van der Waals surface area contributed by atoms with Crippen LogP contribution in [0.4, 0.5) is 16.6 Å². The number of rotatable bonds is 6. The van der Waals surface area contributed by atoms with Crippen molar-refractivity contribution in [2.75, 3.05) is 23.8 Å². The van der Waals surface area contributed by atoms with Crippen LogP contribution in [0.1, 0.15) is 32.4 Å². The van der Waals surface area contributed by atoms with E-state index in [4.69, 9.17) is 16.6 Å². The number of urea groups is 1. The van der Waals surface area contributed by atoms with Crippen molar-refractivity contribution < 1.29 is 4.79 Å². The topological polar surface area (TPSA) is 79.2 Å². The second-order valence-corrected chi connectivity index (χ2v) is 9.37. The summed E-state index contributed by atoms with van der Waals surface area (Å²) in [5.41, 5.74) is 1.59. The molecule has 9 heteroatoms. The standard InChI is InChI=1S/C23H26ClN7O/c1-15(2)18-12-29(3)22(32)31(18)20-7-10-25-21(27-20)28-23(8-9-23)19-13-30(14-26-19)17-6-4-5-16(24)11-17/h4-7,10-11,13-15,18H,8-9,12H2,1-3H3,(H,25,27,28)/t18-/m1/s1. The fraction of sp³-hybridized carbons (Fsp3) is 0.391. The Morgan fingerprint density at radius 1 is 1.22 bits per heavy atom. The Morgan fingerprint density at radius 2 is 2.03 bits per heavy atom. The van der Waals surface area contributed by atoms with Gasteiger partial charge < -0.3 is 14.8 Å². The highest BCUT2D eigenvalue weighted by Gasteiger charge is 2.47. The quantitative estimate of drug-likeness (QED) is 0.604. The molecule has 0 bridgehead atoms. The molecule has 166 valence electrons. The average molecular weight is 452 g/mol. The molecule has 32 heavy (non-hydrogen) atoms. The summed E-state index contributed by atoms with van der Waals surface area (Å²) >= 11 is 6.14. The summed E-state index contributed by atoms with van der Waals surface area (Å²) in [4.78, 5) is 30.1. The van der Waals surface area contributed by atoms with E-state index in [1.807, 2.05) is 42.1 Å². The molecule has 3 heterocycles. The van der Waals surface area contributed by atoms with E-state index >= 15 is 0 Å². The Labute approximate surface area is 192 Å². The maximum absolute atomic E-state index is 12.8. The maximum atomic E-state index is 12.8. The molecule has 0 spiro atoms. The Balaban J connectivity index is 1.39. The van der Waals surface area contributed by atoms with Crippen LogP contribution in [0, 0.1) is 5.92 Å². The highest BCUT2D eigenvalue weighted by Crippen LogP contribution is 2.47. The highest BCUT2D eigenvalue weighted by atomic mass is 35.5. The number of hydrogen-bond acceptors (Lipinski definition) is 5. The van der Waals surface area contributed by atoms with Crippen molar-refractivity contribution in [3.63, 3.8) is 0 Å². The summed E-state index contributed by atoms with van der Waals surface area (Å²) in [6.45, 7) is 4.94. The van der Waals surface area contributed by atoms with Gasteiger partial charge in [-0.1, -0.05) is 31.5 Å². The van der Waals surface area contributed by atoms with Gasteiger partial charge in [-0.25, -0.2) is 14.8 Å². The molecule has 1 aliphatic carbocycles. The van der Waals surface area contributed by atoms with Gasteiger partial charge >= 0.3 is 6.03 Å². The van der Waals surface area contributed by atoms with Gasteiger partial charge in [-0.2, -0.15) is 4.98 Å². The van der Waals surface area contributed by atoms with E-state index in [2.05, 4.69) is 29.1 Å². The third-order valence-corrected chi connectivity index (χ3v) is 6.50. The normalized spacial score (nSPS) is 19.7. The van der Waals surface area contributed by atoms with Crippen molar-refractivity contribution in [2.45, 2.75) is 38.3 Å². The predicted octanol–water partition coefficient (Wildman–Crippen LogP) is 4.31. The van der Waals surface area contributed by atoms with Crippen LogP contribution >= 0.6 is 11.6 Å². The first-order chi connectivity index (χ1) is 15.4. The van der Waals surface area contributed by atoms with E-state index in [9.17, 15) is 4.79 Å². The number of amides is 2. The van der Waals surface area contributed by atoms with E-state index in [1.54, 1.807) is 28.4 Å². The summed E-state index contributed by atoms with van der Waals surface area (Å²) < 4.78 is 1.96. The smallest absolute Gasteiger partial charge is 0.325 e. The van der Waals surface area contributed by atoms with E-state index in [1.165, 1.54) is 0 Å². The molecular formula is C23H26ClN7O. The Bertz CT molecular complexity index is 1160. The van der Waals surface area contributed by atoms with Crippen LogP contribution in [0.5, 0.6) is 0 Å². The van der Waals surface area contributed by atoms with Gasteiger partial charge in [-0.15, -0.1) is 0 Å². The van der Waals surface area contributed by atoms with Crippen molar-refractivity contribution in [1.82, 2.24) is 24.4 Å². The van der Waals surface area contributed by atoms with Gasteiger partial charge in [0.15, 0.2) is 0 Å². The minimum atomic E-state index is -0.300. The van der Waals surface area contributed by atoms with E-state index < -0.39 is 0 Å². The fourth-order valence-corrected chi connectivity index (χ4v) is 4.40. The van der Waals surface area contributed by atoms with Crippen LogP contribution < -0.4 is 10.2 Å². The Hall–Kier alpha value is -3.13. The summed E-state index contributed by atoms with van der Waals surface area (Å²) in [5.74, 6) is 1.44. The SMILES string of the molecule is CC(C)[C@H]1CN(C)C(=O)N1c1ccnc(NC2(c3cn(-c4cccc(Cl)c4)cn3)CC2)n1. The number of likely N-dealkylation sites (N-methyl/N-ethyl adjacent to an activating group) is 1. The lowest BCUT2D eigenvalue weighted by molar-refractivity contribution is 0.229. The highest BCUT2D eigenvalue weighted by molar-refractivity contribution is 6.30. The lowest BCUT2D eigenvalue weighted by Crippen LogP contribution is -2.38. The van der Waals surface area contributed by atoms with Crippen molar-refractivity contribution in [3.05, 3.63) is 59.8 Å². The number of nitrogens with zero attached hydrogens (tertiary/aromatic N) is 6. The van der Waals surface area contributed by atoms with E-state index in [-0.39, 0.29) is 17.6 Å². The second kappa shape index (κ2) is 7.78. The van der Waals surface area contributed by atoms with Gasteiger partial charge in [0, 0.05) is 36.7 Å². The molecule has 1 aromatic carbocycles. The van der Waals surface area contributed by atoms with Gasteiger partial charge in [-0.05, 0) is 43.0 Å². The molecule has 2 amide bonds. The molecule has 2 fully saturated rings. The van der Waals surface area contributed by atoms with Crippen LogP contribution in [0.2, 0.25) is 5.02 Å². The van der Waals surface area contributed by atoms with Gasteiger partial charge in [0.05, 0.1) is 23.6 Å². The van der Waals surface area contributed by atoms with Crippen molar-refractivity contribution in [3.8, 4) is 5.69 Å². The number of nitrogens with one attached hydrogen (secondary N) is 1. The van der Waals surface area contributed by atoms with Crippen LogP contribution in [0.3, 0.4) is 0 Å². The van der Waals surface area contributed by atoms with Crippen LogP contribution in [-0.2, 0) is 5.54 Å². The van der Waals surface area contributed by atoms with Gasteiger partial charge in [0.2, 0.25) is 5.95 Å². The fourth-order valence-electron chi connectivity index (χ4n) is 4.22. The predicted molar refractivity (Wildman–Crippen MR) is 124 cm³/mol. The minimum Gasteiger partial charge on any atom is -0.343 e. The Kier molecular flexibility index (Phi) is 5.04. The Morgan fingerprint density at radius 3 is 2.75 bits per heavy atom. The summed E-state index contributed by atoms with van der Waals surface area (Å²) in [6, 6.07) is 9.51. The number of benzene rings is 1. The van der Waals surface area contributed by atoms with E-state index in [0.717, 1.165) is 24.2 Å². The minimum absolute atomic E-state index is 0.0326. The molecule has 1 atom stereocenters. The monoisotopic (exact) mass is 451 g/mol. The zero-order valence-electron chi connectivity index (χ0n) is 18.4. The van der Waals surface area contributed by atoms with Crippen molar-refractivity contribution >= 4 is 29.4 Å². The number of hydrogen-bond donors (Lipinski definition) is 1. The first-order valence-corrected chi connectivity index (χ1v) is 11.2. The second-order valence-electron chi connectivity index (χ2n) is 8.94. The number of carbonyl (C=O) groups is 1. The summed E-state index contributed by atoms with van der Waals surface area (Å²) in [5, 5.41) is 4.16. The number of carbonyl (C=O) groups excluding carboxylic acids is 1. The van der Waals surface area contributed by atoms with Gasteiger partial charge in [0.25, 0.3) is 0 Å².